The van der Waals surface area contributed by atoms with Crippen molar-refractivity contribution in [1.29, 1.82) is 0 Å². The summed E-state index contributed by atoms with van der Waals surface area (Å²) >= 11 is 0. The van der Waals surface area contributed by atoms with Crippen molar-refractivity contribution in [3.8, 4) is 0 Å². The summed E-state index contributed by atoms with van der Waals surface area (Å²) in [5.74, 6) is 0. The molecule has 0 N–H and O–H groups in total. The molecule has 0 radical (unpaired) electrons. The number of hydrogen-bond acceptors (Lipinski definition) is 0. The molecule has 4 unspecified atom stereocenters. The summed E-state index contributed by atoms with van der Waals surface area (Å²) in [7, 11) is 0. The third kappa shape index (κ3) is 0.0347. The fourth-order valence-electron chi connectivity index (χ4n) is 17.3. The van der Waals surface area contributed by atoms with Gasteiger partial charge in [-0.25, -0.2) is 0 Å². The quantitative estimate of drug-likeness (QED) is 0.579. The molecule has 10 rings (SSSR count). The van der Waals surface area contributed by atoms with E-state index in [1.807, 2.05) is 0 Å². The predicted molar refractivity (Wildman–Crippen MR) is 42.1 cm³/mol. The summed E-state index contributed by atoms with van der Waals surface area (Å²) < 4.78 is 1.19. The van der Waals surface area contributed by atoms with E-state index in [1.165, 1.54) is 13.9 Å². The average molecular weight is 256 g/mol. The van der Waals surface area contributed by atoms with Gasteiger partial charge in [-0.15, -0.1) is 0 Å². The van der Waals surface area contributed by atoms with Crippen molar-refractivity contribution in [3.05, 3.63) is 0 Å². The molecule has 2 heteroatoms. The molecule has 10 heterocycles. The fraction of sp³-hybridized carbons (Fsp3) is 1.00. The van der Waals surface area contributed by atoms with E-state index in [1.54, 1.807) is 33.7 Å². The first-order chi connectivity index (χ1) is 5.55. The monoisotopic (exact) mass is 256 g/mol. The van der Waals surface area contributed by atoms with Crippen molar-refractivity contribution in [3.63, 3.8) is 0 Å². The summed E-state index contributed by atoms with van der Waals surface area (Å²) in [4.78, 5) is 14.0. The normalized spacial score (nSPS) is 151. The minimum absolute atomic E-state index is 0. The molecule has 10 aliphatic heterocycles. The second kappa shape index (κ2) is 0.303. The minimum Gasteiger partial charge on any atom is 0 e. The summed E-state index contributed by atoms with van der Waals surface area (Å²) in [6.07, 6.45) is 0. The maximum atomic E-state index is 2.82. The van der Waals surface area contributed by atoms with Crippen LogP contribution >= 0.6 is 0 Å². The molecule has 0 aromatic heterocycles. The first-order valence-corrected chi connectivity index (χ1v) is 12.0. The van der Waals surface area contributed by atoms with Crippen LogP contribution in [0.15, 0.2) is 0 Å². The molecule has 1 spiro atoms. The van der Waals surface area contributed by atoms with Crippen LogP contribution in [-0.2, 0) is 23.6 Å². The van der Waals surface area contributed by atoms with Gasteiger partial charge in [-0.1, -0.05) is 0 Å². The van der Waals surface area contributed by atoms with E-state index in [-0.39, 0.29) is 17.1 Å². The van der Waals surface area contributed by atoms with Crippen LogP contribution in [0.4, 0.5) is 0 Å². The topological polar surface area (TPSA) is 0 Å². The van der Waals surface area contributed by atoms with Crippen molar-refractivity contribution in [1.82, 2.24) is 0 Å². The van der Waals surface area contributed by atoms with E-state index >= 15 is 0 Å². The van der Waals surface area contributed by atoms with Crippen LogP contribution in [0.25, 0.3) is 0 Å². The molecule has 0 bridgehead atoms. The van der Waals surface area contributed by atoms with E-state index in [9.17, 15) is 0 Å². The molecule has 72 valence electrons. The zero-order valence-electron chi connectivity index (χ0n) is 7.40. The van der Waals surface area contributed by atoms with Crippen LogP contribution in [-0.4, -0.2) is 0 Å². The zero-order valence-corrected chi connectivity index (χ0v) is 9.61. The first-order valence-electron chi connectivity index (χ1n) is 5.76. The summed E-state index contributed by atoms with van der Waals surface area (Å²) in [6, 6.07) is 0. The van der Waals surface area contributed by atoms with Gasteiger partial charge in [0.15, 0.2) is 0 Å². The van der Waals surface area contributed by atoms with Crippen LogP contribution < -0.4 is 0 Å². The van der Waals surface area contributed by atoms with Crippen molar-refractivity contribution in [2.24, 2.45) is 0 Å². The molecule has 10 fully saturated rings. The molecular formula is C11H12Fe2. The molecule has 13 heavy (non-hydrogen) atoms. The van der Waals surface area contributed by atoms with Crippen LogP contribution in [0.2, 0.25) is 47.7 Å². The van der Waals surface area contributed by atoms with Crippen LogP contribution in [0, 0.1) is 0 Å². The van der Waals surface area contributed by atoms with Gasteiger partial charge in [-0.2, -0.15) is 0 Å². The standard InChI is InChI=1S/C6H7.C5H5.2Fe/c1-6-4-2-3-5-6;1-2-4-5-3-1;;/h2-5H,1H3;1-5H;;. The van der Waals surface area contributed by atoms with Gasteiger partial charge in [-0.3, -0.25) is 0 Å². The van der Waals surface area contributed by atoms with E-state index in [4.69, 9.17) is 0 Å². The van der Waals surface area contributed by atoms with E-state index in [0.29, 0.717) is 0 Å². The van der Waals surface area contributed by atoms with Crippen molar-refractivity contribution in [2.75, 3.05) is 0 Å². The first kappa shape index (κ1) is 4.91. The van der Waals surface area contributed by atoms with Crippen LogP contribution in [0.1, 0.15) is 6.92 Å². The molecule has 10 saturated heterocycles. The Kier molecular flexibility index (Phi) is 0.114. The predicted octanol–water partition coefficient (Wildman–Crippen LogP) is 3.76. The maximum absolute atomic E-state index is 2.82. The van der Waals surface area contributed by atoms with Gasteiger partial charge >= 0.3 is 61.1 Å². The Labute approximate surface area is 78.0 Å². The molecule has 0 aromatic rings. The Hall–Kier alpha value is 1.04. The SMILES string of the molecule is C[C]12[CH]3[CH]4[CH]5[CH]1[Fe]45321678[CH]2[CH]1[CH]6[CH]7[CH]28.[Fe]. The minimum atomic E-state index is -2.45. The van der Waals surface area contributed by atoms with Crippen molar-refractivity contribution < 1.29 is 23.6 Å². The maximum Gasteiger partial charge on any atom is 0 e. The Balaban J connectivity index is 0.000000441. The number of fused-ring (bicyclic) bond motifs is 10. The summed E-state index contributed by atoms with van der Waals surface area (Å²) in [5.41, 5.74) is 0. The van der Waals surface area contributed by atoms with Gasteiger partial charge in [-0.05, 0) is 0 Å². The van der Waals surface area contributed by atoms with Gasteiger partial charge in [0.2, 0.25) is 0 Å². The van der Waals surface area contributed by atoms with Crippen molar-refractivity contribution >= 4 is 0 Å². The Morgan fingerprint density at radius 1 is 0.769 bits per heavy atom. The van der Waals surface area contributed by atoms with Gasteiger partial charge < -0.3 is 0 Å². The Bertz CT molecular complexity index is 753. The largest absolute Gasteiger partial charge is 0 e. The second-order valence-corrected chi connectivity index (χ2v) is 33.9. The molecule has 0 nitrogen and oxygen atoms in total. The van der Waals surface area contributed by atoms with Gasteiger partial charge in [0.1, 0.15) is 0 Å². The Morgan fingerprint density at radius 3 is 1.15 bits per heavy atom. The van der Waals surface area contributed by atoms with Crippen LogP contribution in [0.5, 0.6) is 0 Å². The second-order valence-electron chi connectivity index (χ2n) is 10.1. The van der Waals surface area contributed by atoms with Gasteiger partial charge in [0.05, 0.1) is 0 Å². The van der Waals surface area contributed by atoms with Gasteiger partial charge in [0.25, 0.3) is 0 Å². The molecule has 0 aromatic carbocycles. The molecule has 4 atom stereocenters. The van der Waals surface area contributed by atoms with Crippen LogP contribution in [0.3, 0.4) is 0 Å². The number of rotatable bonds is 0. The average Bonchev–Trinajstić information content (AvgIpc) is 2.97. The molecule has 0 saturated carbocycles. The molecule has 0 aliphatic carbocycles. The molecular weight excluding hydrogens is 244 g/mol. The van der Waals surface area contributed by atoms with E-state index < -0.39 is 6.51 Å². The van der Waals surface area contributed by atoms with E-state index in [2.05, 4.69) is 6.92 Å². The Morgan fingerprint density at radius 2 is 1.15 bits per heavy atom. The third-order valence-electron chi connectivity index (χ3n) is 15.4. The molecule has 10 aliphatic rings. The third-order valence-corrected chi connectivity index (χ3v) is 59.2. The number of hydrogen-bond donors (Lipinski definition) is 0. The fourth-order valence-corrected chi connectivity index (χ4v) is 92.6. The smallest absolute Gasteiger partial charge is 0 e. The summed E-state index contributed by atoms with van der Waals surface area (Å²) in [6.45, 7) is 0.365. The summed E-state index contributed by atoms with van der Waals surface area (Å²) in [5, 5.41) is 0. The van der Waals surface area contributed by atoms with E-state index in [0.717, 1.165) is 0 Å². The zero-order chi connectivity index (χ0) is 7.01. The van der Waals surface area contributed by atoms with Gasteiger partial charge in [0, 0.05) is 17.1 Å². The van der Waals surface area contributed by atoms with Crippen molar-refractivity contribution in [2.45, 2.75) is 54.6 Å². The molecule has 0 amide bonds.